The highest BCUT2D eigenvalue weighted by atomic mass is 32.2. The van der Waals surface area contributed by atoms with E-state index in [0.717, 1.165) is 52.4 Å². The maximum atomic E-state index is 14.9. The lowest BCUT2D eigenvalue weighted by atomic mass is 10.0. The lowest BCUT2D eigenvalue weighted by Gasteiger charge is -2.28. The molecule has 2 aliphatic rings. The van der Waals surface area contributed by atoms with Crippen molar-refractivity contribution in [3.63, 3.8) is 0 Å². The number of aromatic nitrogens is 4. The van der Waals surface area contributed by atoms with Gasteiger partial charge in [0.1, 0.15) is 24.6 Å². The van der Waals surface area contributed by atoms with Crippen molar-refractivity contribution in [1.82, 2.24) is 38.7 Å². The second-order valence-corrected chi connectivity index (χ2v) is 23.4. The quantitative estimate of drug-likeness (QED) is 0.0295. The Morgan fingerprint density at radius 3 is 1.51 bits per heavy atom. The van der Waals surface area contributed by atoms with Gasteiger partial charge in [-0.1, -0.05) is 155 Å². The van der Waals surface area contributed by atoms with E-state index in [1.54, 1.807) is 43.0 Å². The normalized spacial score (nSPS) is 18.9. The number of carbonyl (C=O) groups excluding carboxylic acids is 2. The largest absolute Gasteiger partial charge is 0.416 e. The molecule has 6 aromatic carbocycles. The van der Waals surface area contributed by atoms with Gasteiger partial charge >= 0.3 is 12.4 Å². The molecule has 2 amide bonds. The molecular weight excluding hydrogens is 1270 g/mol. The Morgan fingerprint density at radius 1 is 0.537 bits per heavy atom. The number of fused-ring (bicyclic) bond motifs is 2. The van der Waals surface area contributed by atoms with Gasteiger partial charge in [-0.05, 0) is 157 Å². The second kappa shape index (κ2) is 32.7. The van der Waals surface area contributed by atoms with Crippen molar-refractivity contribution in [3.05, 3.63) is 234 Å². The van der Waals surface area contributed by atoms with Gasteiger partial charge in [0.25, 0.3) is 11.1 Å². The molecule has 0 aliphatic heterocycles. The van der Waals surface area contributed by atoms with Crippen LogP contribution in [0.15, 0.2) is 165 Å². The van der Waals surface area contributed by atoms with Gasteiger partial charge in [-0.25, -0.2) is 8.78 Å². The first-order valence-corrected chi connectivity index (χ1v) is 32.0. The smallest absolute Gasteiger partial charge is 0.336 e. The summed E-state index contributed by atoms with van der Waals surface area (Å²) in [4.78, 5) is 70.1. The average Bonchev–Trinajstić information content (AvgIpc) is 1.51. The number of alkyl halides is 6. The molecule has 2 aromatic heterocycles. The van der Waals surface area contributed by atoms with Gasteiger partial charge in [-0.15, -0.1) is 0 Å². The molecule has 0 spiro atoms. The van der Waals surface area contributed by atoms with E-state index in [9.17, 15) is 59.8 Å². The summed E-state index contributed by atoms with van der Waals surface area (Å²) in [5, 5.41) is -0.827. The SMILES string of the molecule is [2H]c1c([2H])c(-c2c([2H])c([2H])c(C(F)(F)F)c([2H])c2[2H])c([2H])c([2H])c1CN(CCN(CC)CC)C(=O)C([2H])([2H])n1c(SCc2ccc(F)cc2)nc(=O)c2c1C([2H])([2H])C([2H])(C)C2([2H])[2H].[2H]c1c([2H])c(CSc2nc(=O)c3c(n2C([2H])([2H])C(=O)N(CCN(CC)CC)Cc2ccc(-c4ccc(C(F)(F)F)cc4)cc2)CCC3)c([2H])c([2H])c1F. The summed E-state index contributed by atoms with van der Waals surface area (Å²) in [6.07, 6.45) is -14.9. The van der Waals surface area contributed by atoms with E-state index in [0.29, 0.717) is 89.8 Å². The van der Waals surface area contributed by atoms with Crippen LogP contribution in [0.2, 0.25) is 0 Å². The van der Waals surface area contributed by atoms with Gasteiger partial charge < -0.3 is 28.7 Å². The summed E-state index contributed by atoms with van der Waals surface area (Å²) in [6.45, 7) is 3.44. The van der Waals surface area contributed by atoms with Crippen molar-refractivity contribution in [2.75, 3.05) is 52.4 Å². The highest BCUT2D eigenvalue weighted by molar-refractivity contribution is 7.98. The first-order chi connectivity index (χ1) is 53.9. The number of hydrogen-bond donors (Lipinski definition) is 0. The topological polar surface area (TPSA) is 117 Å². The van der Waals surface area contributed by atoms with Crippen molar-refractivity contribution in [1.29, 1.82) is 0 Å². The van der Waals surface area contributed by atoms with E-state index in [1.165, 1.54) is 29.2 Å². The molecule has 95 heavy (non-hydrogen) atoms. The molecule has 0 saturated heterocycles. The van der Waals surface area contributed by atoms with Crippen LogP contribution in [0, 0.1) is 17.5 Å². The molecule has 8 aromatic rings. The molecule has 22 heteroatoms. The standard InChI is InChI=1S/C37H40F4N4O2S.C36H38F4N4O2S/c1-4-43(5-2)18-19-44(22-26-6-10-28(11-7-26)29-12-14-30(15-13-29)37(39,40)41)34(46)23-45-33-21-25(3)20-32(33)35(47)42-36(45)48-24-27-8-16-31(38)17-9-27;1-3-42(4-2)20-21-43(22-25-8-12-27(13-9-25)28-14-16-29(17-15-28)36(38,39)40)33(45)23-44-32-7-5-6-31(32)34(46)41-35(44)47-24-26-10-18-30(37)19-11-26/h6-17,25H,4-5,18-24H2,1-3H3;8-19H,3-7,20-24H2,1-2H3/i6D,7D,10D,11D,12D,13D,14D,15D,20D2,21D2,23D2,25D;10D,11D,18D,19D,23D2. The molecular formula is C73H78F8N8O4S2. The Morgan fingerprint density at radius 2 is 0.989 bits per heavy atom. The van der Waals surface area contributed by atoms with Crippen LogP contribution < -0.4 is 11.1 Å². The Balaban J connectivity index is 0.000000269. The van der Waals surface area contributed by atoms with Gasteiger partial charge in [0, 0.05) is 80.1 Å². The minimum absolute atomic E-state index is 0.00438. The number of thioether (sulfide) groups is 2. The lowest BCUT2D eigenvalue weighted by Crippen LogP contribution is -2.40. The molecule has 0 saturated carbocycles. The molecule has 10 rings (SSSR count). The van der Waals surface area contributed by atoms with E-state index in [1.807, 2.05) is 13.8 Å². The van der Waals surface area contributed by atoms with E-state index < -0.39 is 208 Å². The fourth-order valence-corrected chi connectivity index (χ4v) is 11.7. The van der Waals surface area contributed by atoms with Gasteiger partial charge in [-0.2, -0.15) is 36.3 Å². The molecule has 2 aliphatic carbocycles. The first-order valence-electron chi connectivity index (χ1n) is 40.6. The predicted octanol–water partition coefficient (Wildman–Crippen LogP) is 14.7. The van der Waals surface area contributed by atoms with Gasteiger partial charge in [0.2, 0.25) is 11.8 Å². The van der Waals surface area contributed by atoms with Crippen molar-refractivity contribution in [2.45, 2.75) is 127 Å². The summed E-state index contributed by atoms with van der Waals surface area (Å²) < 4.78 is 291. The molecule has 0 fully saturated rings. The number of halogens is 8. The van der Waals surface area contributed by atoms with Gasteiger partial charge in [-0.3, -0.25) is 19.2 Å². The third-order valence-electron chi connectivity index (χ3n) is 15.3. The minimum Gasteiger partial charge on any atom is -0.336 e. The van der Waals surface area contributed by atoms with Crippen molar-refractivity contribution in [2.24, 2.45) is 5.89 Å². The first kappa shape index (κ1) is 47.9. The number of benzene rings is 6. The third-order valence-corrected chi connectivity index (χ3v) is 17.2. The molecule has 2 heterocycles. The zero-order valence-electron chi connectivity index (χ0n) is 73.1. The Kier molecular flexibility index (Phi) is 16.5. The third kappa shape index (κ3) is 19.2. The van der Waals surface area contributed by atoms with Crippen LogP contribution in [0.4, 0.5) is 35.1 Å². The monoisotopic (exact) mass is 1370 g/mol. The van der Waals surface area contributed by atoms with Crippen LogP contribution in [0.3, 0.4) is 0 Å². The van der Waals surface area contributed by atoms with E-state index in [2.05, 4.69) is 14.9 Å². The van der Waals surface area contributed by atoms with Gasteiger partial charge in [0.15, 0.2) is 10.3 Å². The predicted molar refractivity (Wildman–Crippen MR) is 358 cm³/mol. The zero-order chi connectivity index (χ0) is 86.5. The van der Waals surface area contributed by atoms with E-state index in [-0.39, 0.29) is 53.8 Å². The molecule has 1 unspecified atom stereocenters. The van der Waals surface area contributed by atoms with Crippen LogP contribution in [-0.2, 0) is 85.1 Å². The zero-order valence-corrected chi connectivity index (χ0v) is 53.7. The fraction of sp³-hybridized carbons (Fsp3) is 0.370. The number of amides is 2. The minimum atomic E-state index is -5.33. The molecule has 1 atom stereocenters. The highest BCUT2D eigenvalue weighted by Crippen LogP contribution is 2.35. The van der Waals surface area contributed by atoms with Crippen LogP contribution in [0.25, 0.3) is 22.3 Å². The number of nitrogens with zero attached hydrogens (tertiary/aromatic N) is 8. The number of carbonyl (C=O) groups is 2. The Bertz CT molecular complexity index is 5130. The highest BCUT2D eigenvalue weighted by Gasteiger charge is 2.33. The molecule has 0 radical (unpaired) electrons. The van der Waals surface area contributed by atoms with Crippen LogP contribution in [0.5, 0.6) is 0 Å². The summed E-state index contributed by atoms with van der Waals surface area (Å²) >= 11 is 1.38. The summed E-state index contributed by atoms with van der Waals surface area (Å²) in [6, 6.07) is 4.01. The summed E-state index contributed by atoms with van der Waals surface area (Å²) in [7, 11) is 0. The molecule has 0 bridgehead atoms. The maximum absolute atomic E-state index is 14.9. The van der Waals surface area contributed by atoms with Gasteiger partial charge in [0.05, 0.1) is 33.1 Å². The van der Waals surface area contributed by atoms with Crippen LogP contribution >= 0.6 is 23.5 Å². The van der Waals surface area contributed by atoms with E-state index in [4.69, 9.17) is 23.3 Å². The molecule has 502 valence electrons. The summed E-state index contributed by atoms with van der Waals surface area (Å²) in [5.41, 5.74) is -6.38. The Hall–Kier alpha value is -7.92. The lowest BCUT2D eigenvalue weighted by molar-refractivity contribution is -0.138. The number of likely N-dealkylation sites (N-methyl/N-ethyl adjacent to an activating group) is 2. The van der Waals surface area contributed by atoms with Crippen molar-refractivity contribution >= 4 is 35.3 Å². The average molecular weight is 1370 g/mol. The van der Waals surface area contributed by atoms with Crippen molar-refractivity contribution in [3.8, 4) is 22.3 Å². The van der Waals surface area contributed by atoms with Crippen LogP contribution in [-0.4, -0.2) is 103 Å². The molecule has 0 N–H and O–H groups in total. The number of rotatable bonds is 26. The fourth-order valence-electron chi connectivity index (χ4n) is 9.96. The van der Waals surface area contributed by atoms with Crippen LogP contribution in [0.1, 0.15) is 126 Å². The second-order valence-electron chi connectivity index (χ2n) is 21.5. The van der Waals surface area contributed by atoms with Crippen molar-refractivity contribution < 1.29 is 73.5 Å². The number of hydrogen-bond acceptors (Lipinski definition) is 10. The summed E-state index contributed by atoms with van der Waals surface area (Å²) in [5.74, 6) is -7.61. The van der Waals surface area contributed by atoms with E-state index >= 15 is 0 Å². The maximum Gasteiger partial charge on any atom is 0.416 e. The molecule has 12 nitrogen and oxygen atoms in total. The Labute approximate surface area is 586 Å².